The number of rotatable bonds is 2. The summed E-state index contributed by atoms with van der Waals surface area (Å²) < 4.78 is 35.9. The van der Waals surface area contributed by atoms with E-state index in [9.17, 15) is 22.8 Å². The van der Waals surface area contributed by atoms with Crippen molar-refractivity contribution >= 4 is 29.1 Å². The van der Waals surface area contributed by atoms with Crippen LogP contribution in [-0.2, 0) is 4.79 Å². The first-order valence-corrected chi connectivity index (χ1v) is 4.57. The number of carbonyl (C=O) groups excluding carboxylic acids is 2. The second kappa shape index (κ2) is 4.62. The van der Waals surface area contributed by atoms with Gasteiger partial charge in [0.2, 0.25) is 5.91 Å². The van der Waals surface area contributed by atoms with Gasteiger partial charge in [0.15, 0.2) is 0 Å². The monoisotopic (exact) mass is 266 g/mol. The Bertz CT molecular complexity index is 474. The highest BCUT2D eigenvalue weighted by Gasteiger charge is 2.38. The molecule has 0 radical (unpaired) electrons. The minimum absolute atomic E-state index is 0.0631. The van der Waals surface area contributed by atoms with Gasteiger partial charge >= 0.3 is 12.1 Å². The molecule has 4 nitrogen and oxygen atoms in total. The van der Waals surface area contributed by atoms with Gasteiger partial charge in [0.25, 0.3) is 0 Å². The van der Waals surface area contributed by atoms with Crippen molar-refractivity contribution in [1.82, 2.24) is 0 Å². The maximum Gasteiger partial charge on any atom is 0.471 e. The average molecular weight is 267 g/mol. The molecular weight excluding hydrogens is 261 g/mol. The summed E-state index contributed by atoms with van der Waals surface area (Å²) in [7, 11) is 0. The number of alkyl halides is 3. The van der Waals surface area contributed by atoms with Gasteiger partial charge in [0.1, 0.15) is 0 Å². The van der Waals surface area contributed by atoms with Crippen LogP contribution in [0.3, 0.4) is 0 Å². The molecule has 0 bridgehead atoms. The number of hydrogen-bond acceptors (Lipinski definition) is 2. The predicted molar refractivity (Wildman–Crippen MR) is 54.7 cm³/mol. The highest BCUT2D eigenvalue weighted by atomic mass is 35.5. The van der Waals surface area contributed by atoms with Crippen LogP contribution in [0.5, 0.6) is 0 Å². The fourth-order valence-electron chi connectivity index (χ4n) is 0.968. The molecule has 0 fully saturated rings. The van der Waals surface area contributed by atoms with Gasteiger partial charge in [-0.2, -0.15) is 13.2 Å². The molecular formula is C9H6ClF3N2O2. The smallest absolute Gasteiger partial charge is 0.366 e. The van der Waals surface area contributed by atoms with Gasteiger partial charge in [0, 0.05) is 5.56 Å². The number of benzene rings is 1. The number of nitrogens with two attached hydrogens (primary N) is 1. The Balaban J connectivity index is 3.02. The molecule has 0 heterocycles. The van der Waals surface area contributed by atoms with Crippen molar-refractivity contribution in [3.05, 3.63) is 28.8 Å². The summed E-state index contributed by atoms with van der Waals surface area (Å²) in [4.78, 5) is 21.4. The maximum absolute atomic E-state index is 12.0. The van der Waals surface area contributed by atoms with Crippen LogP contribution in [-0.4, -0.2) is 18.0 Å². The number of carbonyl (C=O) groups is 2. The summed E-state index contributed by atoms with van der Waals surface area (Å²) in [6.07, 6.45) is -5.04. The summed E-state index contributed by atoms with van der Waals surface area (Å²) in [6, 6.07) is 3.36. The summed E-state index contributed by atoms with van der Waals surface area (Å²) in [5, 5.41) is 1.41. The van der Waals surface area contributed by atoms with Crippen molar-refractivity contribution in [2.75, 3.05) is 5.32 Å². The molecule has 0 saturated heterocycles. The fourth-order valence-corrected chi connectivity index (χ4v) is 1.13. The quantitative estimate of drug-likeness (QED) is 0.859. The summed E-state index contributed by atoms with van der Waals surface area (Å²) >= 11 is 5.56. The van der Waals surface area contributed by atoms with E-state index in [0.29, 0.717) is 0 Å². The topological polar surface area (TPSA) is 72.2 Å². The molecule has 0 aliphatic rings. The third-order valence-corrected chi connectivity index (χ3v) is 2.09. The van der Waals surface area contributed by atoms with Crippen LogP contribution in [0.15, 0.2) is 18.2 Å². The van der Waals surface area contributed by atoms with Crippen LogP contribution in [0.1, 0.15) is 10.4 Å². The molecule has 2 amide bonds. The lowest BCUT2D eigenvalue weighted by atomic mass is 10.2. The van der Waals surface area contributed by atoms with Gasteiger partial charge in [0.05, 0.1) is 10.7 Å². The summed E-state index contributed by atoms with van der Waals surface area (Å²) in [6.45, 7) is 0. The van der Waals surface area contributed by atoms with Crippen molar-refractivity contribution in [2.24, 2.45) is 5.73 Å². The number of primary amides is 1. The van der Waals surface area contributed by atoms with Crippen LogP contribution in [0.4, 0.5) is 18.9 Å². The van der Waals surface area contributed by atoms with Crippen LogP contribution in [0.2, 0.25) is 5.02 Å². The van der Waals surface area contributed by atoms with Crippen LogP contribution in [0.25, 0.3) is 0 Å². The Morgan fingerprint density at radius 3 is 2.35 bits per heavy atom. The van der Waals surface area contributed by atoms with Gasteiger partial charge in [-0.15, -0.1) is 0 Å². The van der Waals surface area contributed by atoms with Crippen LogP contribution < -0.4 is 11.1 Å². The Hall–Kier alpha value is -1.76. The lowest BCUT2D eigenvalue weighted by molar-refractivity contribution is -0.167. The lowest BCUT2D eigenvalue weighted by Crippen LogP contribution is -2.30. The average Bonchev–Trinajstić information content (AvgIpc) is 2.19. The first-order chi connectivity index (χ1) is 7.71. The Labute approximate surface area is 98.5 Å². The minimum atomic E-state index is -5.04. The minimum Gasteiger partial charge on any atom is -0.366 e. The van der Waals surface area contributed by atoms with Crippen molar-refractivity contribution in [3.63, 3.8) is 0 Å². The highest BCUT2D eigenvalue weighted by molar-refractivity contribution is 6.34. The Kier molecular flexibility index (Phi) is 3.62. The number of anilines is 1. The zero-order chi connectivity index (χ0) is 13.2. The first-order valence-electron chi connectivity index (χ1n) is 4.19. The fraction of sp³-hybridized carbons (Fsp3) is 0.111. The highest BCUT2D eigenvalue weighted by Crippen LogP contribution is 2.25. The van der Waals surface area contributed by atoms with Gasteiger partial charge < -0.3 is 11.1 Å². The SMILES string of the molecule is NC(=O)c1ccc(Cl)c(NC(=O)C(F)(F)F)c1. The van der Waals surface area contributed by atoms with E-state index in [0.717, 1.165) is 12.1 Å². The molecule has 8 heteroatoms. The molecule has 0 aliphatic carbocycles. The van der Waals surface area contributed by atoms with E-state index in [1.807, 2.05) is 0 Å². The van der Waals surface area contributed by atoms with Crippen LogP contribution in [0, 0.1) is 0 Å². The Morgan fingerprint density at radius 1 is 1.29 bits per heavy atom. The van der Waals surface area contributed by atoms with Crippen molar-refractivity contribution in [2.45, 2.75) is 6.18 Å². The molecule has 0 atom stereocenters. The molecule has 1 aromatic carbocycles. The molecule has 0 aromatic heterocycles. The predicted octanol–water partition coefficient (Wildman–Crippen LogP) is 1.94. The molecule has 0 saturated carbocycles. The molecule has 17 heavy (non-hydrogen) atoms. The molecule has 3 N–H and O–H groups in total. The van der Waals surface area contributed by atoms with E-state index < -0.39 is 18.0 Å². The van der Waals surface area contributed by atoms with E-state index in [1.54, 1.807) is 5.32 Å². The second-order valence-electron chi connectivity index (χ2n) is 3.01. The van der Waals surface area contributed by atoms with Crippen LogP contribution >= 0.6 is 11.6 Å². The molecule has 92 valence electrons. The standard InChI is InChI=1S/C9H6ClF3N2O2/c10-5-2-1-4(7(14)16)3-6(5)15-8(17)9(11,12)13/h1-3H,(H2,14,16)(H,15,17). The number of amides is 2. The summed E-state index contributed by atoms with van der Waals surface area (Å²) in [5.74, 6) is -3.02. The number of hydrogen-bond donors (Lipinski definition) is 2. The zero-order valence-corrected chi connectivity index (χ0v) is 8.89. The lowest BCUT2D eigenvalue weighted by Gasteiger charge is -2.10. The second-order valence-corrected chi connectivity index (χ2v) is 3.42. The molecule has 1 aromatic rings. The normalized spacial score (nSPS) is 11.1. The molecule has 0 aliphatic heterocycles. The maximum atomic E-state index is 12.0. The van der Waals surface area contributed by atoms with Gasteiger partial charge in [-0.05, 0) is 18.2 Å². The van der Waals surface area contributed by atoms with E-state index in [2.05, 4.69) is 0 Å². The van der Waals surface area contributed by atoms with Crippen molar-refractivity contribution in [1.29, 1.82) is 0 Å². The van der Waals surface area contributed by atoms with E-state index >= 15 is 0 Å². The molecule has 0 unspecified atom stereocenters. The van der Waals surface area contributed by atoms with Gasteiger partial charge in [-0.25, -0.2) is 0 Å². The number of nitrogens with one attached hydrogen (secondary N) is 1. The number of halogens is 4. The van der Waals surface area contributed by atoms with E-state index in [1.165, 1.54) is 6.07 Å². The first kappa shape index (κ1) is 13.3. The van der Waals surface area contributed by atoms with E-state index in [4.69, 9.17) is 17.3 Å². The third-order valence-electron chi connectivity index (χ3n) is 1.76. The molecule has 1 rings (SSSR count). The largest absolute Gasteiger partial charge is 0.471 e. The van der Waals surface area contributed by atoms with Crippen molar-refractivity contribution in [3.8, 4) is 0 Å². The summed E-state index contributed by atoms with van der Waals surface area (Å²) in [5.41, 5.74) is 4.54. The van der Waals surface area contributed by atoms with Gasteiger partial charge in [-0.3, -0.25) is 9.59 Å². The van der Waals surface area contributed by atoms with Crippen molar-refractivity contribution < 1.29 is 22.8 Å². The van der Waals surface area contributed by atoms with E-state index in [-0.39, 0.29) is 16.3 Å². The van der Waals surface area contributed by atoms with Gasteiger partial charge in [-0.1, -0.05) is 11.6 Å². The zero-order valence-electron chi connectivity index (χ0n) is 8.14. The third kappa shape index (κ3) is 3.35. The Morgan fingerprint density at radius 2 is 1.88 bits per heavy atom. The molecule has 0 spiro atoms.